The summed E-state index contributed by atoms with van der Waals surface area (Å²) in [6, 6.07) is 7.96. The van der Waals surface area contributed by atoms with Crippen LogP contribution in [0.1, 0.15) is 24.8 Å². The van der Waals surface area contributed by atoms with E-state index in [4.69, 9.17) is 21.7 Å². The van der Waals surface area contributed by atoms with Crippen LogP contribution < -0.4 is 5.32 Å². The summed E-state index contributed by atoms with van der Waals surface area (Å²) < 4.78 is 13.2. The highest BCUT2D eigenvalue weighted by atomic mass is 32.1. The van der Waals surface area contributed by atoms with Gasteiger partial charge in [-0.2, -0.15) is 5.10 Å². The number of aromatic nitrogens is 3. The van der Waals surface area contributed by atoms with Crippen molar-refractivity contribution < 1.29 is 14.3 Å². The quantitative estimate of drug-likeness (QED) is 0.508. The lowest BCUT2D eigenvalue weighted by Gasteiger charge is -2.11. The molecule has 0 radical (unpaired) electrons. The number of hydrogen-bond donors (Lipinski definition) is 2. The molecule has 3 rings (SSSR count). The molecule has 1 aliphatic rings. The van der Waals surface area contributed by atoms with E-state index in [1.54, 1.807) is 4.57 Å². The highest BCUT2D eigenvalue weighted by Gasteiger charge is 2.15. The molecule has 1 atom stereocenters. The van der Waals surface area contributed by atoms with E-state index in [0.29, 0.717) is 30.4 Å². The molecule has 2 N–H and O–H groups in total. The highest BCUT2D eigenvalue weighted by Crippen LogP contribution is 2.17. The van der Waals surface area contributed by atoms with E-state index < -0.39 is 0 Å². The molecule has 0 saturated carbocycles. The summed E-state index contributed by atoms with van der Waals surface area (Å²) in [5, 5.41) is 9.94. The summed E-state index contributed by atoms with van der Waals surface area (Å²) in [6.45, 7) is 4.81. The van der Waals surface area contributed by atoms with E-state index in [9.17, 15) is 4.79 Å². The molecule has 2 heterocycles. The first-order valence-corrected chi connectivity index (χ1v) is 9.72. The number of H-pyrrole nitrogens is 1. The van der Waals surface area contributed by atoms with Crippen LogP contribution in [0.5, 0.6) is 0 Å². The molecule has 146 valence electrons. The molecule has 1 aliphatic heterocycles. The third kappa shape index (κ3) is 5.72. The number of carbonyl (C=O) groups excluding carboxylic acids is 1. The number of nitrogens with one attached hydrogen (secondary N) is 2. The van der Waals surface area contributed by atoms with Crippen molar-refractivity contribution in [2.45, 2.75) is 38.8 Å². The Morgan fingerprint density at radius 2 is 2.26 bits per heavy atom. The van der Waals surface area contributed by atoms with Crippen LogP contribution in [0.4, 0.5) is 0 Å². The molecular formula is C19H26N4O3S. The summed E-state index contributed by atoms with van der Waals surface area (Å²) in [7, 11) is 0. The molecule has 2 aromatic rings. The van der Waals surface area contributed by atoms with Crippen molar-refractivity contribution in [1.82, 2.24) is 20.1 Å². The molecule has 1 aromatic carbocycles. The molecule has 0 aliphatic carbocycles. The van der Waals surface area contributed by atoms with Gasteiger partial charge in [-0.3, -0.25) is 14.5 Å². The molecular weight excluding hydrogens is 364 g/mol. The van der Waals surface area contributed by atoms with E-state index in [1.165, 1.54) is 5.56 Å². The van der Waals surface area contributed by atoms with Crippen LogP contribution in [0.3, 0.4) is 0 Å². The highest BCUT2D eigenvalue weighted by molar-refractivity contribution is 7.71. The number of carbonyl (C=O) groups is 1. The largest absolute Gasteiger partial charge is 0.379 e. The lowest BCUT2D eigenvalue weighted by Crippen LogP contribution is -2.29. The first kappa shape index (κ1) is 19.7. The van der Waals surface area contributed by atoms with Crippen LogP contribution in [0.2, 0.25) is 0 Å². The Balaban J connectivity index is 1.43. The monoisotopic (exact) mass is 390 g/mol. The van der Waals surface area contributed by atoms with Gasteiger partial charge in [0.2, 0.25) is 5.91 Å². The van der Waals surface area contributed by atoms with E-state index in [0.717, 1.165) is 31.4 Å². The minimum absolute atomic E-state index is 0.0972. The maximum Gasteiger partial charge on any atom is 0.240 e. The number of aryl methyl sites for hydroxylation is 1. The number of amides is 1. The zero-order valence-corrected chi connectivity index (χ0v) is 16.4. The van der Waals surface area contributed by atoms with Crippen LogP contribution in [0.25, 0.3) is 11.4 Å². The van der Waals surface area contributed by atoms with E-state index in [2.05, 4.69) is 15.5 Å². The van der Waals surface area contributed by atoms with Gasteiger partial charge in [-0.05, 0) is 38.4 Å². The number of benzene rings is 1. The van der Waals surface area contributed by atoms with Crippen molar-refractivity contribution in [1.29, 1.82) is 0 Å². The molecule has 27 heavy (non-hydrogen) atoms. The topological polar surface area (TPSA) is 81.2 Å². The second-order valence-electron chi connectivity index (χ2n) is 6.72. The lowest BCUT2D eigenvalue weighted by molar-refractivity contribution is -0.121. The van der Waals surface area contributed by atoms with Gasteiger partial charge >= 0.3 is 0 Å². The first-order chi connectivity index (χ1) is 13.1. The van der Waals surface area contributed by atoms with Crippen molar-refractivity contribution in [3.05, 3.63) is 34.6 Å². The van der Waals surface area contributed by atoms with Gasteiger partial charge in [-0.1, -0.05) is 29.8 Å². The van der Waals surface area contributed by atoms with Gasteiger partial charge in [-0.15, -0.1) is 0 Å². The number of nitrogens with zero attached hydrogens (tertiary/aromatic N) is 2. The lowest BCUT2D eigenvalue weighted by atomic mass is 10.1. The van der Waals surface area contributed by atoms with Crippen molar-refractivity contribution in [2.24, 2.45) is 0 Å². The molecule has 1 fully saturated rings. The first-order valence-electron chi connectivity index (χ1n) is 9.32. The number of aromatic amines is 1. The third-order valence-corrected chi connectivity index (χ3v) is 4.80. The van der Waals surface area contributed by atoms with Gasteiger partial charge in [0.15, 0.2) is 10.6 Å². The summed E-state index contributed by atoms with van der Waals surface area (Å²) >= 11 is 5.27. The Labute approximate surface area is 164 Å². The smallest absolute Gasteiger partial charge is 0.240 e. The van der Waals surface area contributed by atoms with Crippen molar-refractivity contribution in [2.75, 3.05) is 26.4 Å². The molecule has 1 saturated heterocycles. The molecule has 0 spiro atoms. The Bertz CT molecular complexity index is 794. The number of ether oxygens (including phenoxy) is 2. The molecule has 0 bridgehead atoms. The van der Waals surface area contributed by atoms with Crippen LogP contribution in [-0.2, 0) is 20.8 Å². The predicted octanol–water partition coefficient (Wildman–Crippen LogP) is 2.62. The molecule has 8 heteroatoms. The van der Waals surface area contributed by atoms with Gasteiger partial charge in [0.25, 0.3) is 0 Å². The summed E-state index contributed by atoms with van der Waals surface area (Å²) in [5.74, 6) is 0.565. The second-order valence-corrected chi connectivity index (χ2v) is 7.10. The average molecular weight is 391 g/mol. The minimum Gasteiger partial charge on any atom is -0.379 e. The van der Waals surface area contributed by atoms with Crippen LogP contribution in [0.15, 0.2) is 24.3 Å². The SMILES string of the molecule is Cc1ccc(-c2n[nH]c(=S)n2CC(=O)NCCCOCC2CCCO2)cc1. The Kier molecular flexibility index (Phi) is 7.14. The van der Waals surface area contributed by atoms with E-state index in [-0.39, 0.29) is 18.6 Å². The zero-order chi connectivity index (χ0) is 19.1. The van der Waals surface area contributed by atoms with Crippen LogP contribution >= 0.6 is 12.2 Å². The fourth-order valence-corrected chi connectivity index (χ4v) is 3.18. The standard InChI is InChI=1S/C19H26N4O3S/c1-14-5-7-15(8-6-14)18-21-22-19(27)23(18)12-17(24)20-9-3-10-25-13-16-4-2-11-26-16/h5-8,16H,2-4,9-13H2,1H3,(H,20,24)(H,22,27). The van der Waals surface area contributed by atoms with Crippen LogP contribution in [0, 0.1) is 11.7 Å². The third-order valence-electron chi connectivity index (χ3n) is 4.49. The molecule has 1 aromatic heterocycles. The van der Waals surface area contributed by atoms with Gasteiger partial charge in [0, 0.05) is 25.3 Å². The normalized spacial score (nSPS) is 16.6. The maximum atomic E-state index is 12.3. The van der Waals surface area contributed by atoms with Gasteiger partial charge < -0.3 is 14.8 Å². The molecule has 1 amide bonds. The second kappa shape index (κ2) is 9.77. The zero-order valence-electron chi connectivity index (χ0n) is 15.6. The van der Waals surface area contributed by atoms with E-state index in [1.807, 2.05) is 31.2 Å². The van der Waals surface area contributed by atoms with Gasteiger partial charge in [0.05, 0.1) is 12.7 Å². The molecule has 1 unspecified atom stereocenters. The van der Waals surface area contributed by atoms with Crippen molar-refractivity contribution in [3.63, 3.8) is 0 Å². The fraction of sp³-hybridized carbons (Fsp3) is 0.526. The Morgan fingerprint density at radius 1 is 1.44 bits per heavy atom. The average Bonchev–Trinajstić information content (AvgIpc) is 3.30. The van der Waals surface area contributed by atoms with Gasteiger partial charge in [0.1, 0.15) is 6.54 Å². The van der Waals surface area contributed by atoms with Gasteiger partial charge in [-0.25, -0.2) is 0 Å². The van der Waals surface area contributed by atoms with Crippen molar-refractivity contribution >= 4 is 18.1 Å². The predicted molar refractivity (Wildman–Crippen MR) is 105 cm³/mol. The van der Waals surface area contributed by atoms with Crippen LogP contribution in [-0.4, -0.2) is 53.1 Å². The maximum absolute atomic E-state index is 12.3. The Hall–Kier alpha value is -2.03. The minimum atomic E-state index is -0.0972. The molecule has 7 nitrogen and oxygen atoms in total. The van der Waals surface area contributed by atoms with E-state index >= 15 is 0 Å². The summed E-state index contributed by atoms with van der Waals surface area (Å²) in [4.78, 5) is 12.3. The van der Waals surface area contributed by atoms with Crippen molar-refractivity contribution in [3.8, 4) is 11.4 Å². The number of hydrogen-bond acceptors (Lipinski definition) is 5. The summed E-state index contributed by atoms with van der Waals surface area (Å²) in [6.07, 6.45) is 3.19. The number of rotatable bonds is 9. The summed E-state index contributed by atoms with van der Waals surface area (Å²) in [5.41, 5.74) is 2.09. The Morgan fingerprint density at radius 3 is 3.00 bits per heavy atom. The fourth-order valence-electron chi connectivity index (χ4n) is 2.98.